The lowest BCUT2D eigenvalue weighted by Crippen LogP contribution is -2.40. The molecule has 1 aromatic rings. The summed E-state index contributed by atoms with van der Waals surface area (Å²) in [6, 6.07) is 3.51. The summed E-state index contributed by atoms with van der Waals surface area (Å²) in [5.41, 5.74) is 0.596. The van der Waals surface area contributed by atoms with E-state index >= 15 is 0 Å². The molecule has 94 valence electrons. The molecule has 0 aromatic heterocycles. The Labute approximate surface area is 99.0 Å². The molecule has 0 fully saturated rings. The fourth-order valence-electron chi connectivity index (χ4n) is 1.87. The van der Waals surface area contributed by atoms with Gasteiger partial charge in [0.1, 0.15) is 11.6 Å². The van der Waals surface area contributed by atoms with Crippen LogP contribution in [0.15, 0.2) is 18.2 Å². The van der Waals surface area contributed by atoms with E-state index in [4.69, 9.17) is 9.88 Å². The lowest BCUT2D eigenvalue weighted by molar-refractivity contribution is 0.199. The molecule has 0 amide bonds. The second-order valence-corrected chi connectivity index (χ2v) is 5.44. The highest BCUT2D eigenvalue weighted by molar-refractivity contribution is 7.87. The molecule has 0 saturated carbocycles. The number of rotatable bonds is 2. The standard InChI is InChI=1S/C10H13FN2O3S/c1-6-5-16-9-4-7(11)2-3-8(9)10(6)13-17(12,14)15/h2-4,6,10,13H,5H2,1H3,(H2,12,14,15). The topological polar surface area (TPSA) is 81.4 Å². The van der Waals surface area contributed by atoms with Gasteiger partial charge in [-0.1, -0.05) is 13.0 Å². The molecule has 2 atom stereocenters. The van der Waals surface area contributed by atoms with E-state index in [9.17, 15) is 12.8 Å². The van der Waals surface area contributed by atoms with E-state index in [0.29, 0.717) is 17.9 Å². The van der Waals surface area contributed by atoms with Crippen LogP contribution >= 0.6 is 0 Å². The van der Waals surface area contributed by atoms with Crippen LogP contribution in [0.3, 0.4) is 0 Å². The Bertz CT molecular complexity index is 532. The molecular weight excluding hydrogens is 247 g/mol. The smallest absolute Gasteiger partial charge is 0.274 e. The van der Waals surface area contributed by atoms with Gasteiger partial charge in [0.05, 0.1) is 12.6 Å². The van der Waals surface area contributed by atoms with Crippen LogP contribution in [-0.4, -0.2) is 15.0 Å². The normalized spacial score (nSPS) is 23.9. The Morgan fingerprint density at radius 3 is 2.88 bits per heavy atom. The van der Waals surface area contributed by atoms with Crippen molar-refractivity contribution in [2.24, 2.45) is 11.1 Å². The molecular formula is C10H13FN2O3S. The van der Waals surface area contributed by atoms with E-state index < -0.39 is 22.1 Å². The number of fused-ring (bicyclic) bond motifs is 1. The minimum atomic E-state index is -3.81. The molecule has 17 heavy (non-hydrogen) atoms. The van der Waals surface area contributed by atoms with Crippen molar-refractivity contribution in [3.05, 3.63) is 29.6 Å². The molecule has 2 rings (SSSR count). The van der Waals surface area contributed by atoms with Crippen LogP contribution in [0.5, 0.6) is 5.75 Å². The van der Waals surface area contributed by atoms with Crippen LogP contribution in [0.4, 0.5) is 4.39 Å². The van der Waals surface area contributed by atoms with Gasteiger partial charge in [-0.2, -0.15) is 13.1 Å². The number of benzene rings is 1. The largest absolute Gasteiger partial charge is 0.493 e. The fraction of sp³-hybridized carbons (Fsp3) is 0.400. The molecule has 0 saturated heterocycles. The minimum absolute atomic E-state index is 0.0775. The summed E-state index contributed by atoms with van der Waals surface area (Å²) in [5, 5.41) is 4.96. The van der Waals surface area contributed by atoms with Crippen LogP contribution < -0.4 is 14.6 Å². The lowest BCUT2D eigenvalue weighted by atomic mass is 9.93. The quantitative estimate of drug-likeness (QED) is 0.820. The SMILES string of the molecule is CC1COc2cc(F)ccc2C1NS(N)(=O)=O. The van der Waals surface area contributed by atoms with Crippen molar-refractivity contribution in [3.8, 4) is 5.75 Å². The van der Waals surface area contributed by atoms with Gasteiger partial charge in [0, 0.05) is 17.5 Å². The first-order valence-corrected chi connectivity index (χ1v) is 6.64. The van der Waals surface area contributed by atoms with Gasteiger partial charge in [0.2, 0.25) is 0 Å². The molecule has 1 heterocycles. The van der Waals surface area contributed by atoms with Gasteiger partial charge in [-0.3, -0.25) is 0 Å². The summed E-state index contributed by atoms with van der Waals surface area (Å²) in [5.74, 6) is -0.150. The Hall–Kier alpha value is -1.18. The lowest BCUT2D eigenvalue weighted by Gasteiger charge is -2.31. The summed E-state index contributed by atoms with van der Waals surface area (Å²) in [6.07, 6.45) is 0. The number of nitrogens with two attached hydrogens (primary N) is 1. The summed E-state index contributed by atoms with van der Waals surface area (Å²) in [6.45, 7) is 2.14. The van der Waals surface area contributed by atoms with Gasteiger partial charge in [0.25, 0.3) is 10.2 Å². The monoisotopic (exact) mass is 260 g/mol. The van der Waals surface area contributed by atoms with Crippen LogP contribution in [-0.2, 0) is 10.2 Å². The summed E-state index contributed by atoms with van der Waals surface area (Å²) in [4.78, 5) is 0. The molecule has 0 spiro atoms. The zero-order valence-electron chi connectivity index (χ0n) is 9.18. The third kappa shape index (κ3) is 2.74. The first-order chi connectivity index (χ1) is 7.87. The Morgan fingerprint density at radius 2 is 2.24 bits per heavy atom. The highest BCUT2D eigenvalue weighted by Crippen LogP contribution is 2.35. The Morgan fingerprint density at radius 1 is 1.53 bits per heavy atom. The van der Waals surface area contributed by atoms with Gasteiger partial charge >= 0.3 is 0 Å². The number of ether oxygens (including phenoxy) is 1. The van der Waals surface area contributed by atoms with Gasteiger partial charge < -0.3 is 4.74 Å². The molecule has 0 bridgehead atoms. The van der Waals surface area contributed by atoms with Crippen molar-refractivity contribution in [2.45, 2.75) is 13.0 Å². The number of hydrogen-bond donors (Lipinski definition) is 2. The molecule has 1 aromatic carbocycles. The van der Waals surface area contributed by atoms with Crippen molar-refractivity contribution < 1.29 is 17.5 Å². The van der Waals surface area contributed by atoms with Crippen LogP contribution in [0.2, 0.25) is 0 Å². The third-order valence-corrected chi connectivity index (χ3v) is 3.26. The second kappa shape index (κ2) is 4.25. The van der Waals surface area contributed by atoms with Gasteiger partial charge in [-0.05, 0) is 6.07 Å². The zero-order valence-corrected chi connectivity index (χ0v) is 10.00. The van der Waals surface area contributed by atoms with E-state index in [1.165, 1.54) is 18.2 Å². The van der Waals surface area contributed by atoms with Crippen LogP contribution in [0.25, 0.3) is 0 Å². The maximum absolute atomic E-state index is 13.0. The van der Waals surface area contributed by atoms with E-state index in [-0.39, 0.29) is 5.92 Å². The number of hydrogen-bond acceptors (Lipinski definition) is 3. The molecule has 1 aliphatic heterocycles. The minimum Gasteiger partial charge on any atom is -0.493 e. The molecule has 0 aliphatic carbocycles. The van der Waals surface area contributed by atoms with Crippen molar-refractivity contribution in [1.29, 1.82) is 0 Å². The van der Waals surface area contributed by atoms with Gasteiger partial charge in [0.15, 0.2) is 0 Å². The van der Waals surface area contributed by atoms with Crippen LogP contribution in [0, 0.1) is 11.7 Å². The van der Waals surface area contributed by atoms with Crippen molar-refractivity contribution in [2.75, 3.05) is 6.61 Å². The Balaban J connectivity index is 2.40. The fourth-order valence-corrected chi connectivity index (χ4v) is 2.58. The molecule has 3 N–H and O–H groups in total. The van der Waals surface area contributed by atoms with Gasteiger partial charge in [-0.15, -0.1) is 0 Å². The highest BCUT2D eigenvalue weighted by atomic mass is 32.2. The van der Waals surface area contributed by atoms with Crippen molar-refractivity contribution >= 4 is 10.2 Å². The number of halogens is 1. The number of nitrogens with one attached hydrogen (secondary N) is 1. The average Bonchev–Trinajstić information content (AvgIpc) is 2.21. The van der Waals surface area contributed by atoms with E-state index in [0.717, 1.165) is 0 Å². The second-order valence-electron chi connectivity index (χ2n) is 4.11. The predicted octanol–water partition coefficient (Wildman–Crippen LogP) is 0.688. The third-order valence-electron chi connectivity index (χ3n) is 2.67. The first kappa shape index (κ1) is 12.3. The van der Waals surface area contributed by atoms with E-state index in [1.807, 2.05) is 6.92 Å². The molecule has 7 heteroatoms. The van der Waals surface area contributed by atoms with Gasteiger partial charge in [-0.25, -0.2) is 9.53 Å². The molecule has 5 nitrogen and oxygen atoms in total. The first-order valence-electron chi connectivity index (χ1n) is 5.09. The average molecular weight is 260 g/mol. The zero-order chi connectivity index (χ0) is 12.6. The van der Waals surface area contributed by atoms with Crippen molar-refractivity contribution in [1.82, 2.24) is 4.72 Å². The molecule has 1 aliphatic rings. The van der Waals surface area contributed by atoms with E-state index in [2.05, 4.69) is 4.72 Å². The maximum atomic E-state index is 13.0. The van der Waals surface area contributed by atoms with Crippen molar-refractivity contribution in [3.63, 3.8) is 0 Å². The molecule has 2 unspecified atom stereocenters. The highest BCUT2D eigenvalue weighted by Gasteiger charge is 2.30. The molecule has 0 radical (unpaired) electrons. The summed E-state index contributed by atoms with van der Waals surface area (Å²) < 4.78 is 42.8. The maximum Gasteiger partial charge on any atom is 0.274 e. The van der Waals surface area contributed by atoms with Crippen LogP contribution in [0.1, 0.15) is 18.5 Å². The van der Waals surface area contributed by atoms with E-state index in [1.54, 1.807) is 0 Å². The predicted molar refractivity (Wildman–Crippen MR) is 60.0 cm³/mol. The Kier molecular flexibility index (Phi) is 3.07. The summed E-state index contributed by atoms with van der Waals surface area (Å²) >= 11 is 0. The summed E-state index contributed by atoms with van der Waals surface area (Å²) in [7, 11) is -3.81.